The molecule has 6 nitrogen and oxygen atoms in total. The third-order valence-electron chi connectivity index (χ3n) is 5.26. The van der Waals surface area contributed by atoms with Crippen molar-refractivity contribution in [1.29, 1.82) is 0 Å². The molecule has 0 bridgehead atoms. The highest BCUT2D eigenvalue weighted by Gasteiger charge is 2.53. The number of hydrogen-bond donors (Lipinski definition) is 0. The number of amides is 3. The maximum absolute atomic E-state index is 13.1. The zero-order valence-corrected chi connectivity index (χ0v) is 15.8. The summed E-state index contributed by atoms with van der Waals surface area (Å²) in [6, 6.07) is 6.58. The topological polar surface area (TPSA) is 60.9 Å². The standard InChI is InChI=1S/C19H22F3N3O3/c1-3-10-23(12-19(20,21)22)16(27)11-24-17(28)13-6-4-5-7-14(13)25-15(26)8-9-18(24,25)2/h4-7H,3,8-12H2,1-2H3/t18-/m1/s1. The first-order valence-corrected chi connectivity index (χ1v) is 9.17. The monoisotopic (exact) mass is 397 g/mol. The van der Waals surface area contributed by atoms with Crippen molar-refractivity contribution in [3.05, 3.63) is 29.8 Å². The summed E-state index contributed by atoms with van der Waals surface area (Å²) >= 11 is 0. The van der Waals surface area contributed by atoms with Crippen LogP contribution in [0.3, 0.4) is 0 Å². The van der Waals surface area contributed by atoms with E-state index >= 15 is 0 Å². The average molecular weight is 397 g/mol. The molecule has 28 heavy (non-hydrogen) atoms. The Kier molecular flexibility index (Phi) is 5.12. The van der Waals surface area contributed by atoms with Gasteiger partial charge in [-0.15, -0.1) is 0 Å². The summed E-state index contributed by atoms with van der Waals surface area (Å²) < 4.78 is 38.6. The predicted molar refractivity (Wildman–Crippen MR) is 95.5 cm³/mol. The van der Waals surface area contributed by atoms with Crippen LogP contribution in [0, 0.1) is 0 Å². The number of carbonyl (C=O) groups excluding carboxylic acids is 3. The molecule has 0 saturated carbocycles. The second kappa shape index (κ2) is 7.10. The molecule has 3 rings (SSSR count). The first-order valence-electron chi connectivity index (χ1n) is 9.17. The molecule has 0 aliphatic carbocycles. The Morgan fingerprint density at radius 3 is 2.57 bits per heavy atom. The van der Waals surface area contributed by atoms with Gasteiger partial charge in [0.15, 0.2) is 0 Å². The van der Waals surface area contributed by atoms with Crippen molar-refractivity contribution in [2.45, 2.75) is 44.9 Å². The maximum atomic E-state index is 13.1. The first-order chi connectivity index (χ1) is 13.1. The number of halogens is 3. The summed E-state index contributed by atoms with van der Waals surface area (Å²) in [4.78, 5) is 41.7. The SMILES string of the molecule is CCCN(CC(F)(F)F)C(=O)CN1C(=O)c2ccccc2N2C(=O)CC[C@]12C. The summed E-state index contributed by atoms with van der Waals surface area (Å²) in [5, 5.41) is 0. The van der Waals surface area contributed by atoms with Crippen LogP contribution in [0.25, 0.3) is 0 Å². The van der Waals surface area contributed by atoms with Crippen molar-refractivity contribution in [1.82, 2.24) is 9.80 Å². The Morgan fingerprint density at radius 1 is 1.25 bits per heavy atom. The van der Waals surface area contributed by atoms with Crippen molar-refractivity contribution in [2.24, 2.45) is 0 Å². The van der Waals surface area contributed by atoms with Crippen LogP contribution in [0.5, 0.6) is 0 Å². The normalized spacial score (nSPS) is 21.6. The molecule has 2 aliphatic rings. The zero-order chi connectivity index (χ0) is 20.7. The fraction of sp³-hybridized carbons (Fsp3) is 0.526. The van der Waals surface area contributed by atoms with Gasteiger partial charge in [-0.05, 0) is 31.9 Å². The molecule has 9 heteroatoms. The molecule has 2 heterocycles. The van der Waals surface area contributed by atoms with E-state index in [2.05, 4.69) is 0 Å². The van der Waals surface area contributed by atoms with Gasteiger partial charge in [-0.25, -0.2) is 0 Å². The van der Waals surface area contributed by atoms with Gasteiger partial charge in [0.2, 0.25) is 11.8 Å². The van der Waals surface area contributed by atoms with Crippen molar-refractivity contribution in [3.63, 3.8) is 0 Å². The highest BCUT2D eigenvalue weighted by atomic mass is 19.4. The predicted octanol–water partition coefficient (Wildman–Crippen LogP) is 2.79. The number of rotatable bonds is 5. The van der Waals surface area contributed by atoms with Crippen LogP contribution in [-0.2, 0) is 9.59 Å². The quantitative estimate of drug-likeness (QED) is 0.768. The van der Waals surface area contributed by atoms with Crippen LogP contribution >= 0.6 is 0 Å². The van der Waals surface area contributed by atoms with Crippen molar-refractivity contribution >= 4 is 23.4 Å². The second-order valence-corrected chi connectivity index (χ2v) is 7.29. The van der Waals surface area contributed by atoms with Crippen LogP contribution in [0.15, 0.2) is 24.3 Å². The van der Waals surface area contributed by atoms with E-state index in [0.717, 1.165) is 4.90 Å². The van der Waals surface area contributed by atoms with Crippen LogP contribution in [-0.4, -0.2) is 59.0 Å². The molecule has 1 saturated heterocycles. The summed E-state index contributed by atoms with van der Waals surface area (Å²) in [6.07, 6.45) is -3.65. The molecule has 0 unspecified atom stereocenters. The molecule has 1 fully saturated rings. The van der Waals surface area contributed by atoms with Gasteiger partial charge in [0.1, 0.15) is 18.8 Å². The molecule has 152 valence electrons. The summed E-state index contributed by atoms with van der Waals surface area (Å²) in [5.41, 5.74) is -0.336. The Labute approximate surface area is 160 Å². The third kappa shape index (κ3) is 3.45. The molecule has 3 amide bonds. The smallest absolute Gasteiger partial charge is 0.332 e. The summed E-state index contributed by atoms with van der Waals surface area (Å²) in [7, 11) is 0. The summed E-state index contributed by atoms with van der Waals surface area (Å²) in [5.74, 6) is -1.42. The molecule has 0 radical (unpaired) electrons. The van der Waals surface area contributed by atoms with Crippen LogP contribution < -0.4 is 4.90 Å². The lowest BCUT2D eigenvalue weighted by molar-refractivity contribution is -0.162. The number of alkyl halides is 3. The van der Waals surface area contributed by atoms with E-state index in [1.807, 2.05) is 0 Å². The molecule has 0 N–H and O–H groups in total. The zero-order valence-electron chi connectivity index (χ0n) is 15.8. The van der Waals surface area contributed by atoms with Crippen LogP contribution in [0.1, 0.15) is 43.5 Å². The van der Waals surface area contributed by atoms with E-state index in [0.29, 0.717) is 18.5 Å². The molecule has 2 aliphatic heterocycles. The summed E-state index contributed by atoms with van der Waals surface area (Å²) in [6.45, 7) is 1.42. The van der Waals surface area contributed by atoms with Gasteiger partial charge in [0.05, 0.1) is 11.3 Å². The van der Waals surface area contributed by atoms with Crippen molar-refractivity contribution in [3.8, 4) is 0 Å². The van der Waals surface area contributed by atoms with Crippen molar-refractivity contribution in [2.75, 3.05) is 24.5 Å². The van der Waals surface area contributed by atoms with Gasteiger partial charge in [-0.3, -0.25) is 19.3 Å². The molecule has 1 atom stereocenters. The van der Waals surface area contributed by atoms with Gasteiger partial charge in [-0.2, -0.15) is 13.2 Å². The molecule has 0 aromatic heterocycles. The van der Waals surface area contributed by atoms with Gasteiger partial charge in [0, 0.05) is 13.0 Å². The van der Waals surface area contributed by atoms with Gasteiger partial charge in [0.25, 0.3) is 5.91 Å². The molecular formula is C19H22F3N3O3. The Bertz CT molecular complexity index is 811. The molecule has 1 aromatic carbocycles. The first kappa shape index (κ1) is 20.2. The molecule has 1 aromatic rings. The Hall–Kier alpha value is -2.58. The van der Waals surface area contributed by atoms with Gasteiger partial charge in [-0.1, -0.05) is 19.1 Å². The second-order valence-electron chi connectivity index (χ2n) is 7.29. The van der Waals surface area contributed by atoms with Crippen molar-refractivity contribution < 1.29 is 27.6 Å². The van der Waals surface area contributed by atoms with E-state index < -0.39 is 36.7 Å². The number of carbonyl (C=O) groups is 3. The van der Waals surface area contributed by atoms with Gasteiger partial charge < -0.3 is 9.80 Å². The van der Waals surface area contributed by atoms with Crippen LogP contribution in [0.2, 0.25) is 0 Å². The Morgan fingerprint density at radius 2 is 1.93 bits per heavy atom. The van der Waals surface area contributed by atoms with E-state index in [1.54, 1.807) is 38.1 Å². The minimum atomic E-state index is -4.53. The largest absolute Gasteiger partial charge is 0.406 e. The lowest BCUT2D eigenvalue weighted by Crippen LogP contribution is -2.64. The number of anilines is 1. The number of fused-ring (bicyclic) bond motifs is 3. The highest BCUT2D eigenvalue weighted by molar-refractivity contribution is 6.11. The lowest BCUT2D eigenvalue weighted by Gasteiger charge is -2.48. The Balaban J connectivity index is 1.94. The lowest BCUT2D eigenvalue weighted by atomic mass is 9.98. The fourth-order valence-electron chi connectivity index (χ4n) is 3.95. The average Bonchev–Trinajstić information content (AvgIpc) is 2.93. The van der Waals surface area contributed by atoms with Gasteiger partial charge >= 0.3 is 6.18 Å². The van der Waals surface area contributed by atoms with E-state index in [-0.39, 0.29) is 24.4 Å². The molecular weight excluding hydrogens is 375 g/mol. The van der Waals surface area contributed by atoms with E-state index in [1.165, 1.54) is 9.80 Å². The number of nitrogens with zero attached hydrogens (tertiary/aromatic N) is 3. The number of para-hydroxylation sites is 1. The highest BCUT2D eigenvalue weighted by Crippen LogP contribution is 2.43. The minimum absolute atomic E-state index is 0.0592. The number of hydrogen-bond acceptors (Lipinski definition) is 3. The van der Waals surface area contributed by atoms with E-state index in [9.17, 15) is 27.6 Å². The third-order valence-corrected chi connectivity index (χ3v) is 5.26. The molecule has 0 spiro atoms. The fourth-order valence-corrected chi connectivity index (χ4v) is 3.95. The van der Waals surface area contributed by atoms with E-state index in [4.69, 9.17) is 0 Å². The number of benzene rings is 1. The van der Waals surface area contributed by atoms with Crippen LogP contribution in [0.4, 0.5) is 18.9 Å². The minimum Gasteiger partial charge on any atom is -0.332 e. The maximum Gasteiger partial charge on any atom is 0.406 e.